The number of hydrogen-bond acceptors (Lipinski definition) is 5. The maximum Gasteiger partial charge on any atom is 0.349 e. The van der Waals surface area contributed by atoms with E-state index < -0.39 is 5.63 Å². The molecule has 0 aromatic carbocycles. The Labute approximate surface area is 190 Å². The van der Waals surface area contributed by atoms with E-state index in [-0.39, 0.29) is 48.1 Å². The third-order valence-corrected chi connectivity index (χ3v) is 5.09. The van der Waals surface area contributed by atoms with E-state index in [9.17, 15) is 9.59 Å². The van der Waals surface area contributed by atoms with Crippen LogP contribution in [0.5, 0.6) is 0 Å². The molecule has 9 heteroatoms. The van der Waals surface area contributed by atoms with E-state index in [1.165, 1.54) is 0 Å². The number of hydrogen-bond donors (Lipinski definition) is 1. The average molecular weight is 459 g/mol. The lowest BCUT2D eigenvalue weighted by atomic mass is 9.95. The zero-order valence-corrected chi connectivity index (χ0v) is 19.6. The van der Waals surface area contributed by atoms with Gasteiger partial charge in [0.05, 0.1) is 6.20 Å². The molecule has 168 valence electrons. The number of aryl methyl sites for hydroxylation is 2. The SMILES string of the molecule is Cc1cc(C2CCCNC2)oc(=O)c1C(=O)N(Cc1cnn(C)c1)CC(C)C.Cl.Cl. The molecular formula is C21H32Cl2N4O3. The highest BCUT2D eigenvalue weighted by Crippen LogP contribution is 2.24. The van der Waals surface area contributed by atoms with Gasteiger partial charge in [-0.2, -0.15) is 5.10 Å². The van der Waals surface area contributed by atoms with Crippen LogP contribution < -0.4 is 10.9 Å². The third kappa shape index (κ3) is 6.33. The normalized spacial score (nSPS) is 16.0. The van der Waals surface area contributed by atoms with E-state index >= 15 is 0 Å². The van der Waals surface area contributed by atoms with Crippen LogP contribution >= 0.6 is 24.8 Å². The number of aromatic nitrogens is 2. The minimum atomic E-state index is -0.537. The van der Waals surface area contributed by atoms with Gasteiger partial charge in [-0.15, -0.1) is 24.8 Å². The Balaban J connectivity index is 0.00000225. The Morgan fingerprint density at radius 3 is 2.67 bits per heavy atom. The Bertz CT molecular complexity index is 889. The van der Waals surface area contributed by atoms with E-state index in [4.69, 9.17) is 4.42 Å². The minimum absolute atomic E-state index is 0. The number of rotatable bonds is 6. The van der Waals surface area contributed by atoms with Crippen molar-refractivity contribution in [3.63, 3.8) is 0 Å². The molecule has 1 unspecified atom stereocenters. The molecule has 0 saturated carbocycles. The van der Waals surface area contributed by atoms with Gasteiger partial charge in [0, 0.05) is 44.4 Å². The molecule has 1 N–H and O–H groups in total. The lowest BCUT2D eigenvalue weighted by Crippen LogP contribution is -2.37. The standard InChI is InChI=1S/C21H30N4O3.2ClH/c1-14(2)11-25(13-16-9-23-24(4)12-16)20(26)19-15(3)8-18(28-21(19)27)17-6-5-7-22-10-17;;/h8-9,12,14,17,22H,5-7,10-11,13H2,1-4H3;2*1H. The number of nitrogens with zero attached hydrogens (tertiary/aromatic N) is 3. The summed E-state index contributed by atoms with van der Waals surface area (Å²) in [5, 5.41) is 7.51. The molecule has 2 aromatic heterocycles. The van der Waals surface area contributed by atoms with Gasteiger partial charge in [-0.3, -0.25) is 9.48 Å². The molecule has 1 aliphatic heterocycles. The zero-order valence-electron chi connectivity index (χ0n) is 18.0. The molecule has 2 aromatic rings. The maximum atomic E-state index is 13.2. The summed E-state index contributed by atoms with van der Waals surface area (Å²) in [7, 11) is 1.84. The number of halogens is 2. The highest BCUT2D eigenvalue weighted by molar-refractivity contribution is 5.95. The summed E-state index contributed by atoms with van der Waals surface area (Å²) in [6.07, 6.45) is 5.68. The van der Waals surface area contributed by atoms with Crippen molar-refractivity contribution in [1.82, 2.24) is 20.0 Å². The third-order valence-electron chi connectivity index (χ3n) is 5.09. The number of carbonyl (C=O) groups excluding carboxylic acids is 1. The summed E-state index contributed by atoms with van der Waals surface area (Å²) in [4.78, 5) is 27.7. The first kappa shape index (κ1) is 26.2. The summed E-state index contributed by atoms with van der Waals surface area (Å²) < 4.78 is 7.31. The van der Waals surface area contributed by atoms with Gasteiger partial charge in [0.2, 0.25) is 0 Å². The fourth-order valence-electron chi connectivity index (χ4n) is 3.78. The van der Waals surface area contributed by atoms with Gasteiger partial charge in [-0.1, -0.05) is 13.8 Å². The first-order valence-corrected chi connectivity index (χ1v) is 9.97. The second-order valence-electron chi connectivity index (χ2n) is 8.14. The molecule has 0 aliphatic carbocycles. The second kappa shape index (κ2) is 11.5. The van der Waals surface area contributed by atoms with Crippen molar-refractivity contribution >= 4 is 30.7 Å². The predicted octanol–water partition coefficient (Wildman–Crippen LogP) is 3.29. The molecule has 0 bridgehead atoms. The number of amides is 1. The Hall–Kier alpha value is -1.83. The largest absolute Gasteiger partial charge is 0.427 e. The van der Waals surface area contributed by atoms with Crippen LogP contribution in [0.25, 0.3) is 0 Å². The quantitative estimate of drug-likeness (QED) is 0.717. The smallest absolute Gasteiger partial charge is 0.349 e. The first-order valence-electron chi connectivity index (χ1n) is 9.97. The van der Waals surface area contributed by atoms with E-state index in [0.717, 1.165) is 31.5 Å². The molecule has 1 fully saturated rings. The van der Waals surface area contributed by atoms with Crippen molar-refractivity contribution < 1.29 is 9.21 Å². The van der Waals surface area contributed by atoms with Crippen molar-refractivity contribution in [3.8, 4) is 0 Å². The molecule has 0 radical (unpaired) electrons. The van der Waals surface area contributed by atoms with Gasteiger partial charge in [-0.05, 0) is 43.9 Å². The number of piperidine rings is 1. The predicted molar refractivity (Wildman–Crippen MR) is 122 cm³/mol. The Morgan fingerprint density at radius 2 is 2.13 bits per heavy atom. The fraction of sp³-hybridized carbons (Fsp3) is 0.571. The molecule has 1 saturated heterocycles. The van der Waals surface area contributed by atoms with Crippen LogP contribution in [0.1, 0.15) is 59.9 Å². The molecule has 3 rings (SSSR count). The van der Waals surface area contributed by atoms with Crippen LogP contribution in [0.15, 0.2) is 27.7 Å². The number of carbonyl (C=O) groups is 1. The van der Waals surface area contributed by atoms with Gasteiger partial charge in [0.15, 0.2) is 0 Å². The zero-order chi connectivity index (χ0) is 20.3. The van der Waals surface area contributed by atoms with Gasteiger partial charge >= 0.3 is 5.63 Å². The minimum Gasteiger partial charge on any atom is -0.427 e. The van der Waals surface area contributed by atoms with E-state index in [1.807, 2.05) is 26.2 Å². The topological polar surface area (TPSA) is 80.4 Å². The molecule has 1 amide bonds. The van der Waals surface area contributed by atoms with E-state index in [1.54, 1.807) is 15.8 Å². The summed E-state index contributed by atoms with van der Waals surface area (Å²) in [6.45, 7) is 8.70. The molecule has 30 heavy (non-hydrogen) atoms. The molecule has 1 atom stereocenters. The number of nitrogens with one attached hydrogen (secondary N) is 1. The van der Waals surface area contributed by atoms with Crippen LogP contribution in [0.2, 0.25) is 0 Å². The summed E-state index contributed by atoms with van der Waals surface area (Å²) >= 11 is 0. The van der Waals surface area contributed by atoms with Gasteiger partial charge in [0.1, 0.15) is 11.3 Å². The summed E-state index contributed by atoms with van der Waals surface area (Å²) in [6, 6.07) is 1.87. The molecular weight excluding hydrogens is 427 g/mol. The second-order valence-corrected chi connectivity index (χ2v) is 8.14. The van der Waals surface area contributed by atoms with Crippen LogP contribution in [0.3, 0.4) is 0 Å². The van der Waals surface area contributed by atoms with Gasteiger partial charge in [0.25, 0.3) is 5.91 Å². The van der Waals surface area contributed by atoms with Crippen LogP contribution in [0.4, 0.5) is 0 Å². The monoisotopic (exact) mass is 458 g/mol. The molecule has 1 aliphatic rings. The maximum absolute atomic E-state index is 13.2. The van der Waals surface area contributed by atoms with Crippen LogP contribution in [-0.2, 0) is 13.6 Å². The summed E-state index contributed by atoms with van der Waals surface area (Å²) in [5.41, 5.74) is 1.22. The lowest BCUT2D eigenvalue weighted by Gasteiger charge is -2.25. The highest BCUT2D eigenvalue weighted by Gasteiger charge is 2.26. The fourth-order valence-corrected chi connectivity index (χ4v) is 3.78. The van der Waals surface area contributed by atoms with Crippen molar-refractivity contribution in [1.29, 1.82) is 0 Å². The first-order chi connectivity index (χ1) is 13.3. The van der Waals surface area contributed by atoms with Crippen LogP contribution in [-0.4, -0.2) is 40.2 Å². The van der Waals surface area contributed by atoms with Crippen molar-refractivity contribution in [2.75, 3.05) is 19.6 Å². The highest BCUT2D eigenvalue weighted by atomic mass is 35.5. The van der Waals surface area contributed by atoms with E-state index in [0.29, 0.717) is 24.4 Å². The Morgan fingerprint density at radius 1 is 1.40 bits per heavy atom. The van der Waals surface area contributed by atoms with Crippen LogP contribution in [0, 0.1) is 12.8 Å². The van der Waals surface area contributed by atoms with Crippen molar-refractivity contribution in [2.24, 2.45) is 13.0 Å². The summed E-state index contributed by atoms with van der Waals surface area (Å²) in [5.74, 6) is 0.859. The lowest BCUT2D eigenvalue weighted by molar-refractivity contribution is 0.0716. The molecule has 7 nitrogen and oxygen atoms in total. The van der Waals surface area contributed by atoms with Crippen molar-refractivity contribution in [3.05, 3.63) is 51.3 Å². The average Bonchev–Trinajstić information content (AvgIpc) is 3.05. The van der Waals surface area contributed by atoms with Gasteiger partial charge in [-0.25, -0.2) is 4.79 Å². The molecule has 0 spiro atoms. The molecule has 3 heterocycles. The Kier molecular flexibility index (Phi) is 10.1. The van der Waals surface area contributed by atoms with Crippen molar-refractivity contribution in [2.45, 2.75) is 46.1 Å². The van der Waals surface area contributed by atoms with E-state index in [2.05, 4.69) is 24.3 Å². The van der Waals surface area contributed by atoms with Gasteiger partial charge < -0.3 is 14.6 Å².